The second kappa shape index (κ2) is 7.00. The summed E-state index contributed by atoms with van der Waals surface area (Å²) in [6.45, 7) is 2.51. The zero-order chi connectivity index (χ0) is 18.0. The SMILES string of the molecule is Cc1nc(CCC(N)=O)cc([C@@H]2CCCN2C(=O)c2cnn(C)c2)n1. The number of hydrogen-bond acceptors (Lipinski definition) is 5. The lowest BCUT2D eigenvalue weighted by atomic mass is 10.1. The minimum Gasteiger partial charge on any atom is -0.370 e. The second-order valence-corrected chi connectivity index (χ2v) is 6.36. The molecule has 1 saturated heterocycles. The highest BCUT2D eigenvalue weighted by Gasteiger charge is 2.32. The Morgan fingerprint density at radius 3 is 2.84 bits per heavy atom. The smallest absolute Gasteiger partial charge is 0.257 e. The van der Waals surface area contributed by atoms with E-state index >= 15 is 0 Å². The van der Waals surface area contributed by atoms with Crippen molar-refractivity contribution in [2.45, 2.75) is 38.6 Å². The van der Waals surface area contributed by atoms with E-state index in [2.05, 4.69) is 15.1 Å². The van der Waals surface area contributed by atoms with Gasteiger partial charge in [0.05, 0.1) is 23.5 Å². The van der Waals surface area contributed by atoms with Gasteiger partial charge in [-0.15, -0.1) is 0 Å². The molecular weight excluding hydrogens is 320 g/mol. The second-order valence-electron chi connectivity index (χ2n) is 6.36. The summed E-state index contributed by atoms with van der Waals surface area (Å²) >= 11 is 0. The molecule has 132 valence electrons. The fourth-order valence-corrected chi connectivity index (χ4v) is 3.22. The summed E-state index contributed by atoms with van der Waals surface area (Å²) in [5, 5.41) is 4.08. The molecule has 8 nitrogen and oxygen atoms in total. The van der Waals surface area contributed by atoms with E-state index < -0.39 is 0 Å². The number of amides is 2. The highest BCUT2D eigenvalue weighted by Crippen LogP contribution is 2.32. The van der Waals surface area contributed by atoms with Crippen LogP contribution in [0.25, 0.3) is 0 Å². The molecule has 3 rings (SSSR count). The van der Waals surface area contributed by atoms with Crippen molar-refractivity contribution in [3.63, 3.8) is 0 Å². The Hall–Kier alpha value is -2.77. The van der Waals surface area contributed by atoms with Crippen molar-refractivity contribution in [1.82, 2.24) is 24.6 Å². The molecule has 0 radical (unpaired) electrons. The summed E-state index contributed by atoms with van der Waals surface area (Å²) in [6, 6.07) is 1.80. The molecule has 8 heteroatoms. The average molecular weight is 342 g/mol. The molecule has 2 aromatic rings. The maximum absolute atomic E-state index is 12.8. The fraction of sp³-hybridized carbons (Fsp3) is 0.471. The van der Waals surface area contributed by atoms with Crippen LogP contribution in [0.2, 0.25) is 0 Å². The van der Waals surface area contributed by atoms with Gasteiger partial charge < -0.3 is 10.6 Å². The average Bonchev–Trinajstić information content (AvgIpc) is 3.20. The summed E-state index contributed by atoms with van der Waals surface area (Å²) in [6.07, 6.45) is 5.82. The van der Waals surface area contributed by atoms with Crippen LogP contribution in [0, 0.1) is 6.92 Å². The van der Waals surface area contributed by atoms with Crippen molar-refractivity contribution in [3.8, 4) is 0 Å². The van der Waals surface area contributed by atoms with Crippen LogP contribution >= 0.6 is 0 Å². The van der Waals surface area contributed by atoms with E-state index in [0.717, 1.165) is 24.2 Å². The van der Waals surface area contributed by atoms with Gasteiger partial charge in [-0.05, 0) is 32.3 Å². The van der Waals surface area contributed by atoms with Crippen LogP contribution in [-0.4, -0.2) is 43.0 Å². The molecule has 1 atom stereocenters. The van der Waals surface area contributed by atoms with E-state index in [0.29, 0.717) is 24.4 Å². The minimum atomic E-state index is -0.355. The van der Waals surface area contributed by atoms with Gasteiger partial charge >= 0.3 is 0 Å². The summed E-state index contributed by atoms with van der Waals surface area (Å²) in [5.74, 6) is 0.246. The number of aromatic nitrogens is 4. The zero-order valence-electron chi connectivity index (χ0n) is 14.5. The number of aryl methyl sites for hydroxylation is 3. The summed E-state index contributed by atoms with van der Waals surface area (Å²) in [4.78, 5) is 34.6. The quantitative estimate of drug-likeness (QED) is 0.869. The Balaban J connectivity index is 1.84. The lowest BCUT2D eigenvalue weighted by Crippen LogP contribution is -2.31. The maximum Gasteiger partial charge on any atom is 0.257 e. The van der Waals surface area contributed by atoms with Gasteiger partial charge in [0, 0.05) is 31.9 Å². The Kier molecular flexibility index (Phi) is 4.78. The van der Waals surface area contributed by atoms with E-state index in [1.54, 1.807) is 24.1 Å². The van der Waals surface area contributed by atoms with Crippen LogP contribution in [0.1, 0.15) is 52.9 Å². The van der Waals surface area contributed by atoms with Crippen molar-refractivity contribution >= 4 is 11.8 Å². The molecule has 1 fully saturated rings. The highest BCUT2D eigenvalue weighted by atomic mass is 16.2. The number of carbonyl (C=O) groups excluding carboxylic acids is 2. The summed E-state index contributed by atoms with van der Waals surface area (Å²) in [5.41, 5.74) is 7.40. The van der Waals surface area contributed by atoms with E-state index in [1.165, 1.54) is 0 Å². The molecule has 1 aliphatic rings. The molecule has 0 saturated carbocycles. The predicted molar refractivity (Wildman–Crippen MR) is 90.5 cm³/mol. The first-order valence-corrected chi connectivity index (χ1v) is 8.36. The molecule has 25 heavy (non-hydrogen) atoms. The largest absolute Gasteiger partial charge is 0.370 e. The first-order valence-electron chi connectivity index (χ1n) is 8.36. The Morgan fingerprint density at radius 2 is 2.16 bits per heavy atom. The zero-order valence-corrected chi connectivity index (χ0v) is 14.5. The summed E-state index contributed by atoms with van der Waals surface area (Å²) < 4.78 is 1.62. The Morgan fingerprint density at radius 1 is 1.36 bits per heavy atom. The number of hydrogen-bond donors (Lipinski definition) is 1. The normalized spacial score (nSPS) is 17.0. The maximum atomic E-state index is 12.8. The minimum absolute atomic E-state index is 0.0365. The van der Waals surface area contributed by atoms with Crippen molar-refractivity contribution in [2.75, 3.05) is 6.54 Å². The molecule has 0 bridgehead atoms. The van der Waals surface area contributed by atoms with Crippen molar-refractivity contribution in [1.29, 1.82) is 0 Å². The third-order valence-electron chi connectivity index (χ3n) is 4.35. The number of nitrogens with zero attached hydrogens (tertiary/aromatic N) is 5. The van der Waals surface area contributed by atoms with Gasteiger partial charge in [-0.1, -0.05) is 0 Å². The molecule has 2 aromatic heterocycles. The lowest BCUT2D eigenvalue weighted by molar-refractivity contribution is -0.118. The van der Waals surface area contributed by atoms with Crippen LogP contribution in [0.5, 0.6) is 0 Å². The number of likely N-dealkylation sites (tertiary alicyclic amines) is 1. The van der Waals surface area contributed by atoms with Crippen LogP contribution in [0.3, 0.4) is 0 Å². The third kappa shape index (κ3) is 3.84. The van der Waals surface area contributed by atoms with Gasteiger partial charge in [-0.25, -0.2) is 9.97 Å². The van der Waals surface area contributed by atoms with Gasteiger partial charge in [-0.2, -0.15) is 5.10 Å². The lowest BCUT2D eigenvalue weighted by Gasteiger charge is -2.24. The van der Waals surface area contributed by atoms with Crippen LogP contribution in [-0.2, 0) is 18.3 Å². The molecule has 2 N–H and O–H groups in total. The fourth-order valence-electron chi connectivity index (χ4n) is 3.22. The van der Waals surface area contributed by atoms with Gasteiger partial charge in [0.25, 0.3) is 5.91 Å². The highest BCUT2D eigenvalue weighted by molar-refractivity contribution is 5.94. The van der Waals surface area contributed by atoms with E-state index in [1.807, 2.05) is 17.9 Å². The summed E-state index contributed by atoms with van der Waals surface area (Å²) in [7, 11) is 1.79. The monoisotopic (exact) mass is 342 g/mol. The van der Waals surface area contributed by atoms with Gasteiger partial charge in [0.15, 0.2) is 0 Å². The number of primary amides is 1. The third-order valence-corrected chi connectivity index (χ3v) is 4.35. The van der Waals surface area contributed by atoms with E-state index in [-0.39, 0.29) is 24.3 Å². The number of nitrogens with two attached hydrogens (primary N) is 1. The van der Waals surface area contributed by atoms with Crippen molar-refractivity contribution in [3.05, 3.63) is 41.2 Å². The molecular formula is C17H22N6O2. The molecule has 2 amide bonds. The van der Waals surface area contributed by atoms with Crippen LogP contribution in [0.15, 0.2) is 18.5 Å². The number of rotatable bonds is 5. The number of carbonyl (C=O) groups is 2. The van der Waals surface area contributed by atoms with E-state index in [9.17, 15) is 9.59 Å². The molecule has 1 aliphatic heterocycles. The van der Waals surface area contributed by atoms with Gasteiger partial charge in [-0.3, -0.25) is 14.3 Å². The molecule has 0 unspecified atom stereocenters. The predicted octanol–water partition coefficient (Wildman–Crippen LogP) is 0.914. The van der Waals surface area contributed by atoms with Crippen LogP contribution in [0.4, 0.5) is 0 Å². The molecule has 0 spiro atoms. The Labute approximate surface area is 146 Å². The molecule has 0 aliphatic carbocycles. The van der Waals surface area contributed by atoms with Gasteiger partial charge in [0.2, 0.25) is 5.91 Å². The Bertz CT molecular complexity index is 800. The standard InChI is InChI=1S/C17H22N6O2/c1-11-20-13(5-6-16(18)24)8-14(21-11)15-4-3-7-23(15)17(25)12-9-19-22(2)10-12/h8-10,15H,3-7H2,1-2H3,(H2,18,24)/t15-/m0/s1. The van der Waals surface area contributed by atoms with Crippen molar-refractivity contribution < 1.29 is 9.59 Å². The van der Waals surface area contributed by atoms with E-state index in [4.69, 9.17) is 5.73 Å². The van der Waals surface area contributed by atoms with Crippen LogP contribution < -0.4 is 5.73 Å². The first kappa shape index (κ1) is 17.1. The molecule has 0 aromatic carbocycles. The van der Waals surface area contributed by atoms with Gasteiger partial charge in [0.1, 0.15) is 5.82 Å². The first-order chi connectivity index (χ1) is 11.9. The molecule has 3 heterocycles. The van der Waals surface area contributed by atoms with Crippen molar-refractivity contribution in [2.24, 2.45) is 12.8 Å². The topological polar surface area (TPSA) is 107 Å².